The van der Waals surface area contributed by atoms with Gasteiger partial charge < -0.3 is 19.5 Å². The Labute approximate surface area is 171 Å². The van der Waals surface area contributed by atoms with Crippen molar-refractivity contribution in [2.75, 3.05) is 25.1 Å². The maximum Gasteiger partial charge on any atom is 0.188 e. The van der Waals surface area contributed by atoms with Crippen molar-refractivity contribution in [1.82, 2.24) is 0 Å². The van der Waals surface area contributed by atoms with E-state index in [1.807, 2.05) is 29.2 Å². The van der Waals surface area contributed by atoms with E-state index in [4.69, 9.17) is 4.74 Å². The molecule has 0 unspecified atom stereocenters. The fraction of sp³-hybridized carbons (Fsp3) is 0.458. The van der Waals surface area contributed by atoms with Crippen LogP contribution in [0.1, 0.15) is 48.8 Å². The van der Waals surface area contributed by atoms with Gasteiger partial charge in [-0.05, 0) is 60.9 Å². The van der Waals surface area contributed by atoms with Gasteiger partial charge in [0.2, 0.25) is 0 Å². The lowest BCUT2D eigenvalue weighted by molar-refractivity contribution is -0.111. The number of rotatable bonds is 4. The number of methoxy groups -OCH3 is 1. The zero-order chi connectivity index (χ0) is 20.5. The number of phenolic OH excluding ortho intramolecular Hbond substituents is 1. The van der Waals surface area contributed by atoms with Gasteiger partial charge in [0.05, 0.1) is 12.8 Å². The Balaban J connectivity index is 1.72. The van der Waals surface area contributed by atoms with Crippen LogP contribution in [-0.2, 0) is 11.2 Å². The zero-order valence-corrected chi connectivity index (χ0v) is 17.0. The summed E-state index contributed by atoms with van der Waals surface area (Å²) in [5.41, 5.74) is 3.66. The monoisotopic (exact) mass is 397 g/mol. The van der Waals surface area contributed by atoms with Crippen molar-refractivity contribution in [3.63, 3.8) is 0 Å². The standard InChI is InChI=1S/C24H28FNO3/c1-15-3-4-17-13-18(28)5-6-19(17)22(15)20-7-8-21(23(25)24(20)29-2)26-11-9-16(14-27)10-12-26/h5-8,13-16,22,28H,3-4,9-12H2,1-2H3/t15-,22-/m1/s1. The first-order valence-electron chi connectivity index (χ1n) is 10.4. The van der Waals surface area contributed by atoms with E-state index in [0.717, 1.165) is 48.7 Å². The molecule has 29 heavy (non-hydrogen) atoms. The Morgan fingerprint density at radius 2 is 1.86 bits per heavy atom. The van der Waals surface area contributed by atoms with Crippen molar-refractivity contribution >= 4 is 12.0 Å². The molecule has 0 radical (unpaired) electrons. The molecule has 2 aromatic rings. The summed E-state index contributed by atoms with van der Waals surface area (Å²) in [7, 11) is 1.52. The van der Waals surface area contributed by atoms with Crippen LogP contribution in [0.25, 0.3) is 0 Å². The molecule has 1 N–H and O–H groups in total. The number of phenols is 1. The van der Waals surface area contributed by atoms with Crippen LogP contribution >= 0.6 is 0 Å². The number of piperidine rings is 1. The Kier molecular flexibility index (Phi) is 5.48. The SMILES string of the molecule is COc1c([C@H]2c3ccc(O)cc3CC[C@H]2C)ccc(N2CCC(C=O)CC2)c1F. The minimum Gasteiger partial charge on any atom is -0.508 e. The van der Waals surface area contributed by atoms with Crippen LogP contribution in [-0.4, -0.2) is 31.6 Å². The second kappa shape index (κ2) is 8.05. The van der Waals surface area contributed by atoms with Crippen LogP contribution in [0.5, 0.6) is 11.5 Å². The second-order valence-corrected chi connectivity index (χ2v) is 8.36. The minimum atomic E-state index is -0.326. The summed E-state index contributed by atoms with van der Waals surface area (Å²) in [4.78, 5) is 13.0. The van der Waals surface area contributed by atoms with E-state index in [0.29, 0.717) is 30.4 Å². The van der Waals surface area contributed by atoms with E-state index in [1.54, 1.807) is 6.07 Å². The number of aryl methyl sites for hydroxylation is 1. The highest BCUT2D eigenvalue weighted by Gasteiger charge is 2.32. The molecule has 2 aliphatic rings. The van der Waals surface area contributed by atoms with Gasteiger partial charge in [0.1, 0.15) is 12.0 Å². The molecule has 1 aliphatic heterocycles. The Hall–Kier alpha value is -2.56. The van der Waals surface area contributed by atoms with Crippen LogP contribution < -0.4 is 9.64 Å². The molecule has 2 atom stereocenters. The van der Waals surface area contributed by atoms with Crippen molar-refractivity contribution in [1.29, 1.82) is 0 Å². The van der Waals surface area contributed by atoms with Crippen molar-refractivity contribution in [2.24, 2.45) is 11.8 Å². The number of hydrogen-bond donors (Lipinski definition) is 1. The van der Waals surface area contributed by atoms with E-state index in [2.05, 4.69) is 6.92 Å². The summed E-state index contributed by atoms with van der Waals surface area (Å²) < 4.78 is 21.1. The number of halogens is 1. The third-order valence-electron chi connectivity index (χ3n) is 6.62. The Morgan fingerprint density at radius 3 is 2.55 bits per heavy atom. The third kappa shape index (κ3) is 3.59. The summed E-state index contributed by atoms with van der Waals surface area (Å²) in [6.07, 6.45) is 4.41. The minimum absolute atomic E-state index is 0.0265. The average Bonchev–Trinajstić information content (AvgIpc) is 2.74. The van der Waals surface area contributed by atoms with Crippen molar-refractivity contribution in [2.45, 2.75) is 38.5 Å². The van der Waals surface area contributed by atoms with Gasteiger partial charge in [-0.15, -0.1) is 0 Å². The lowest BCUT2D eigenvalue weighted by Gasteiger charge is -2.35. The van der Waals surface area contributed by atoms with Gasteiger partial charge in [-0.25, -0.2) is 4.39 Å². The number of carbonyl (C=O) groups excluding carboxylic acids is 1. The topological polar surface area (TPSA) is 49.8 Å². The maximum atomic E-state index is 15.5. The third-order valence-corrected chi connectivity index (χ3v) is 6.62. The van der Waals surface area contributed by atoms with Crippen LogP contribution in [0.3, 0.4) is 0 Å². The highest BCUT2D eigenvalue weighted by atomic mass is 19.1. The smallest absolute Gasteiger partial charge is 0.188 e. The average molecular weight is 397 g/mol. The number of aldehydes is 1. The Morgan fingerprint density at radius 1 is 1.14 bits per heavy atom. The number of ether oxygens (including phenoxy) is 1. The van der Waals surface area contributed by atoms with Gasteiger partial charge >= 0.3 is 0 Å². The molecule has 5 heteroatoms. The van der Waals surface area contributed by atoms with Crippen LogP contribution in [0.15, 0.2) is 30.3 Å². The van der Waals surface area contributed by atoms with Crippen LogP contribution in [0.4, 0.5) is 10.1 Å². The first-order chi connectivity index (χ1) is 14.0. The molecule has 2 aromatic carbocycles. The predicted molar refractivity (Wildman–Crippen MR) is 111 cm³/mol. The highest BCUT2D eigenvalue weighted by molar-refractivity contribution is 5.60. The fourth-order valence-electron chi connectivity index (χ4n) is 4.98. The van der Waals surface area contributed by atoms with Gasteiger partial charge in [-0.1, -0.05) is 19.1 Å². The van der Waals surface area contributed by atoms with Gasteiger partial charge in [-0.2, -0.15) is 0 Å². The maximum absolute atomic E-state index is 15.5. The van der Waals surface area contributed by atoms with Crippen LogP contribution in [0.2, 0.25) is 0 Å². The molecule has 0 saturated carbocycles. The molecule has 1 aliphatic carbocycles. The summed E-state index contributed by atoms with van der Waals surface area (Å²) in [6, 6.07) is 9.34. The van der Waals surface area contributed by atoms with Gasteiger partial charge in [0, 0.05) is 30.5 Å². The van der Waals surface area contributed by atoms with Crippen molar-refractivity contribution in [3.05, 3.63) is 52.8 Å². The number of benzene rings is 2. The van der Waals surface area contributed by atoms with E-state index in [1.165, 1.54) is 7.11 Å². The molecule has 0 spiro atoms. The molecule has 4 nitrogen and oxygen atoms in total. The fourth-order valence-corrected chi connectivity index (χ4v) is 4.98. The van der Waals surface area contributed by atoms with Gasteiger partial charge in [0.25, 0.3) is 0 Å². The molecule has 0 amide bonds. The molecule has 0 aromatic heterocycles. The molecular formula is C24H28FNO3. The molecule has 0 bridgehead atoms. The summed E-state index contributed by atoms with van der Waals surface area (Å²) >= 11 is 0. The molecule has 4 rings (SSSR count). The number of nitrogens with zero attached hydrogens (tertiary/aromatic N) is 1. The van der Waals surface area contributed by atoms with Crippen LogP contribution in [0, 0.1) is 17.7 Å². The first-order valence-corrected chi connectivity index (χ1v) is 10.4. The molecule has 154 valence electrons. The number of carbonyl (C=O) groups is 1. The number of aromatic hydroxyl groups is 1. The Bertz CT molecular complexity index is 905. The lowest BCUT2D eigenvalue weighted by atomic mass is 9.72. The number of hydrogen-bond acceptors (Lipinski definition) is 4. The van der Waals surface area contributed by atoms with Crippen molar-refractivity contribution in [3.8, 4) is 11.5 Å². The number of anilines is 1. The van der Waals surface area contributed by atoms with E-state index >= 15 is 4.39 Å². The molecular weight excluding hydrogens is 369 g/mol. The van der Waals surface area contributed by atoms with Gasteiger partial charge in [-0.3, -0.25) is 0 Å². The summed E-state index contributed by atoms with van der Waals surface area (Å²) in [6.45, 7) is 3.53. The predicted octanol–water partition coefficient (Wildman–Crippen LogP) is 4.67. The lowest BCUT2D eigenvalue weighted by Crippen LogP contribution is -2.34. The van der Waals surface area contributed by atoms with E-state index < -0.39 is 0 Å². The second-order valence-electron chi connectivity index (χ2n) is 8.36. The molecule has 1 heterocycles. The number of fused-ring (bicyclic) bond motifs is 1. The molecule has 1 saturated heterocycles. The summed E-state index contributed by atoms with van der Waals surface area (Å²) in [5.74, 6) is 0.689. The van der Waals surface area contributed by atoms with E-state index in [9.17, 15) is 9.90 Å². The largest absolute Gasteiger partial charge is 0.508 e. The zero-order valence-electron chi connectivity index (χ0n) is 17.0. The normalized spacial score (nSPS) is 22.2. The van der Waals surface area contributed by atoms with Crippen molar-refractivity contribution < 1.29 is 19.0 Å². The molecule has 1 fully saturated rings. The first kappa shape index (κ1) is 19.7. The van der Waals surface area contributed by atoms with E-state index in [-0.39, 0.29) is 23.4 Å². The highest BCUT2D eigenvalue weighted by Crippen LogP contribution is 2.46. The van der Waals surface area contributed by atoms with Gasteiger partial charge in [0.15, 0.2) is 11.6 Å². The quantitative estimate of drug-likeness (QED) is 0.762. The summed E-state index contributed by atoms with van der Waals surface area (Å²) in [5, 5.41) is 9.86.